The number of aromatic nitrogens is 1. The highest BCUT2D eigenvalue weighted by Gasteiger charge is 2.44. The number of nitrogens with zero attached hydrogens (tertiary/aromatic N) is 2. The quantitative estimate of drug-likeness (QED) is 0.897. The van der Waals surface area contributed by atoms with Crippen LogP contribution in [0.2, 0.25) is 0 Å². The Balaban J connectivity index is 1.70. The maximum absolute atomic E-state index is 12.8. The zero-order chi connectivity index (χ0) is 17.6. The molecule has 1 unspecified atom stereocenters. The summed E-state index contributed by atoms with van der Waals surface area (Å²) in [6.07, 6.45) is 3.58. The SMILES string of the molecule is COCCN1C(=O)C(C)(C)c2cc3c(cc21)NC(c1ccncc1)N3. The second kappa shape index (κ2) is 5.74. The lowest BCUT2D eigenvalue weighted by molar-refractivity contribution is -0.122. The lowest BCUT2D eigenvalue weighted by Gasteiger charge is -2.20. The van der Waals surface area contributed by atoms with E-state index in [-0.39, 0.29) is 12.1 Å². The van der Waals surface area contributed by atoms with Gasteiger partial charge in [0.25, 0.3) is 0 Å². The van der Waals surface area contributed by atoms with Gasteiger partial charge in [-0.1, -0.05) is 0 Å². The van der Waals surface area contributed by atoms with Crippen LogP contribution in [0, 0.1) is 0 Å². The molecule has 25 heavy (non-hydrogen) atoms. The minimum atomic E-state index is -0.533. The summed E-state index contributed by atoms with van der Waals surface area (Å²) < 4.78 is 5.18. The molecule has 0 spiro atoms. The Hall–Kier alpha value is -2.60. The third kappa shape index (κ3) is 2.44. The molecule has 1 aromatic carbocycles. The third-order valence-electron chi connectivity index (χ3n) is 5.04. The van der Waals surface area contributed by atoms with Gasteiger partial charge in [-0.15, -0.1) is 0 Å². The molecule has 1 aromatic heterocycles. The van der Waals surface area contributed by atoms with Crippen LogP contribution in [0.25, 0.3) is 0 Å². The Bertz CT molecular complexity index is 820. The molecule has 130 valence electrons. The second-order valence-electron chi connectivity index (χ2n) is 6.99. The van der Waals surface area contributed by atoms with E-state index >= 15 is 0 Å². The number of benzene rings is 1. The number of ether oxygens (including phenoxy) is 1. The van der Waals surface area contributed by atoms with Crippen molar-refractivity contribution in [2.75, 3.05) is 35.8 Å². The lowest BCUT2D eigenvalue weighted by Crippen LogP contribution is -2.38. The smallest absolute Gasteiger partial charge is 0.237 e. The van der Waals surface area contributed by atoms with E-state index in [1.807, 2.05) is 30.9 Å². The Kier molecular flexibility index (Phi) is 3.65. The standard InChI is InChI=1S/C19H22N4O2/c1-19(2)13-10-14-15(11-16(13)23(18(19)24)8-9-25-3)22-17(21-14)12-4-6-20-7-5-12/h4-7,10-11,17,21-22H,8-9H2,1-3H3. The molecule has 0 radical (unpaired) electrons. The number of fused-ring (bicyclic) bond motifs is 2. The van der Waals surface area contributed by atoms with Crippen molar-refractivity contribution in [2.24, 2.45) is 0 Å². The van der Waals surface area contributed by atoms with Crippen molar-refractivity contribution in [3.05, 3.63) is 47.8 Å². The zero-order valence-corrected chi connectivity index (χ0v) is 14.7. The van der Waals surface area contributed by atoms with Crippen molar-refractivity contribution in [1.29, 1.82) is 0 Å². The van der Waals surface area contributed by atoms with Crippen molar-refractivity contribution < 1.29 is 9.53 Å². The number of rotatable bonds is 4. The van der Waals surface area contributed by atoms with E-state index in [2.05, 4.69) is 27.8 Å². The summed E-state index contributed by atoms with van der Waals surface area (Å²) in [5.41, 5.74) is 4.64. The van der Waals surface area contributed by atoms with Crippen LogP contribution in [-0.2, 0) is 14.9 Å². The Morgan fingerprint density at radius 1 is 1.20 bits per heavy atom. The monoisotopic (exact) mass is 338 g/mol. The van der Waals surface area contributed by atoms with Gasteiger partial charge in [0.2, 0.25) is 5.91 Å². The fourth-order valence-electron chi connectivity index (χ4n) is 3.59. The molecule has 1 atom stereocenters. The first-order valence-corrected chi connectivity index (χ1v) is 8.45. The van der Waals surface area contributed by atoms with Gasteiger partial charge in [0.05, 0.1) is 29.1 Å². The number of amides is 1. The van der Waals surface area contributed by atoms with E-state index in [1.165, 1.54) is 0 Å². The molecule has 0 bridgehead atoms. The van der Waals surface area contributed by atoms with E-state index < -0.39 is 5.41 Å². The minimum absolute atomic E-state index is 0.00626. The van der Waals surface area contributed by atoms with E-state index in [4.69, 9.17) is 4.74 Å². The fraction of sp³-hybridized carbons (Fsp3) is 0.368. The molecule has 0 saturated heterocycles. The molecule has 1 amide bonds. The predicted molar refractivity (Wildman–Crippen MR) is 97.9 cm³/mol. The number of anilines is 3. The third-order valence-corrected chi connectivity index (χ3v) is 5.04. The van der Waals surface area contributed by atoms with Gasteiger partial charge >= 0.3 is 0 Å². The van der Waals surface area contributed by atoms with Gasteiger partial charge in [0.1, 0.15) is 6.17 Å². The lowest BCUT2D eigenvalue weighted by atomic mass is 9.86. The molecule has 0 aliphatic carbocycles. The highest BCUT2D eigenvalue weighted by Crippen LogP contribution is 2.48. The molecule has 2 aliphatic rings. The Labute approximate surface area is 147 Å². The number of methoxy groups -OCH3 is 1. The van der Waals surface area contributed by atoms with Crippen LogP contribution in [0.4, 0.5) is 17.1 Å². The van der Waals surface area contributed by atoms with Crippen LogP contribution in [0.1, 0.15) is 31.1 Å². The summed E-state index contributed by atoms with van der Waals surface area (Å²) in [6, 6.07) is 8.15. The first kappa shape index (κ1) is 15.9. The van der Waals surface area contributed by atoms with Gasteiger partial charge in [0, 0.05) is 26.0 Å². The maximum Gasteiger partial charge on any atom is 0.237 e. The van der Waals surface area contributed by atoms with Crippen LogP contribution >= 0.6 is 0 Å². The van der Waals surface area contributed by atoms with Crippen LogP contribution in [0.5, 0.6) is 0 Å². The van der Waals surface area contributed by atoms with Crippen LogP contribution in [-0.4, -0.2) is 31.2 Å². The predicted octanol–water partition coefficient (Wildman–Crippen LogP) is 2.89. The zero-order valence-electron chi connectivity index (χ0n) is 14.7. The van der Waals surface area contributed by atoms with Crippen LogP contribution in [0.3, 0.4) is 0 Å². The highest BCUT2D eigenvalue weighted by molar-refractivity contribution is 6.09. The first-order valence-electron chi connectivity index (χ1n) is 8.45. The minimum Gasteiger partial charge on any atom is -0.383 e. The van der Waals surface area contributed by atoms with Gasteiger partial charge in [-0.3, -0.25) is 9.78 Å². The number of hydrogen-bond donors (Lipinski definition) is 2. The molecule has 3 heterocycles. The average molecular weight is 338 g/mol. The Morgan fingerprint density at radius 3 is 2.56 bits per heavy atom. The van der Waals surface area contributed by atoms with Crippen molar-refractivity contribution in [3.63, 3.8) is 0 Å². The molecule has 0 saturated carbocycles. The number of carbonyl (C=O) groups excluding carboxylic acids is 1. The van der Waals surface area contributed by atoms with Gasteiger partial charge in [-0.2, -0.15) is 0 Å². The van der Waals surface area contributed by atoms with E-state index in [0.29, 0.717) is 13.2 Å². The number of carbonyl (C=O) groups is 1. The molecule has 6 nitrogen and oxygen atoms in total. The maximum atomic E-state index is 12.8. The summed E-state index contributed by atoms with van der Waals surface area (Å²) in [6.45, 7) is 5.04. The Morgan fingerprint density at radius 2 is 1.88 bits per heavy atom. The molecule has 4 rings (SSSR count). The van der Waals surface area contributed by atoms with Crippen LogP contribution < -0.4 is 15.5 Å². The van der Waals surface area contributed by atoms with Crippen molar-refractivity contribution in [2.45, 2.75) is 25.4 Å². The fourth-order valence-corrected chi connectivity index (χ4v) is 3.59. The molecule has 6 heteroatoms. The normalized spacial score (nSPS) is 20.0. The summed E-state index contributed by atoms with van der Waals surface area (Å²) in [5, 5.41) is 6.99. The molecule has 2 aromatic rings. The molecule has 0 fully saturated rings. The van der Waals surface area contributed by atoms with E-state index in [0.717, 1.165) is 28.2 Å². The summed E-state index contributed by atoms with van der Waals surface area (Å²) >= 11 is 0. The van der Waals surface area contributed by atoms with Gasteiger partial charge in [-0.25, -0.2) is 0 Å². The average Bonchev–Trinajstić information content (AvgIpc) is 3.11. The van der Waals surface area contributed by atoms with Gasteiger partial charge in [0.15, 0.2) is 0 Å². The summed E-state index contributed by atoms with van der Waals surface area (Å²) in [7, 11) is 1.65. The second-order valence-corrected chi connectivity index (χ2v) is 6.99. The van der Waals surface area contributed by atoms with Gasteiger partial charge < -0.3 is 20.3 Å². The summed E-state index contributed by atoms with van der Waals surface area (Å²) in [5.74, 6) is 0.119. The number of nitrogens with one attached hydrogen (secondary N) is 2. The molecule has 2 N–H and O–H groups in total. The largest absolute Gasteiger partial charge is 0.383 e. The number of pyridine rings is 1. The van der Waals surface area contributed by atoms with Crippen molar-refractivity contribution >= 4 is 23.0 Å². The number of hydrogen-bond acceptors (Lipinski definition) is 5. The van der Waals surface area contributed by atoms with Gasteiger partial charge in [-0.05, 0) is 49.2 Å². The van der Waals surface area contributed by atoms with E-state index in [9.17, 15) is 4.79 Å². The van der Waals surface area contributed by atoms with Crippen LogP contribution in [0.15, 0.2) is 36.7 Å². The highest BCUT2D eigenvalue weighted by atomic mass is 16.5. The molecule has 2 aliphatic heterocycles. The molecular formula is C19H22N4O2. The molecular weight excluding hydrogens is 316 g/mol. The topological polar surface area (TPSA) is 66.5 Å². The van der Waals surface area contributed by atoms with E-state index in [1.54, 1.807) is 19.5 Å². The first-order chi connectivity index (χ1) is 12.0. The van der Waals surface area contributed by atoms with Crippen molar-refractivity contribution in [1.82, 2.24) is 4.98 Å². The van der Waals surface area contributed by atoms with Crippen molar-refractivity contribution in [3.8, 4) is 0 Å². The summed E-state index contributed by atoms with van der Waals surface area (Å²) in [4.78, 5) is 18.7.